The summed E-state index contributed by atoms with van der Waals surface area (Å²) in [6.07, 6.45) is 3.78. The molecule has 30 heavy (non-hydrogen) atoms. The monoisotopic (exact) mass is 400 g/mol. The summed E-state index contributed by atoms with van der Waals surface area (Å²) in [5.74, 6) is -0.279. The number of para-hydroxylation sites is 1. The van der Waals surface area contributed by atoms with Gasteiger partial charge in [0.15, 0.2) is 0 Å². The van der Waals surface area contributed by atoms with Gasteiger partial charge in [0.1, 0.15) is 17.9 Å². The molecule has 1 heterocycles. The summed E-state index contributed by atoms with van der Waals surface area (Å²) in [4.78, 5) is 11.1. The number of benzene rings is 3. The zero-order valence-electron chi connectivity index (χ0n) is 16.9. The quantitative estimate of drug-likeness (QED) is 0.379. The van der Waals surface area contributed by atoms with Gasteiger partial charge in [-0.15, -0.1) is 0 Å². The van der Waals surface area contributed by atoms with Crippen molar-refractivity contribution in [3.8, 4) is 16.9 Å². The summed E-state index contributed by atoms with van der Waals surface area (Å²) in [6, 6.07) is 21.9. The van der Waals surface area contributed by atoms with E-state index in [1.807, 2.05) is 24.3 Å². The maximum Gasteiger partial charge on any atom is 0.307 e. The van der Waals surface area contributed by atoms with Crippen molar-refractivity contribution in [2.45, 2.75) is 32.8 Å². The molecule has 3 aromatic carbocycles. The van der Waals surface area contributed by atoms with Crippen LogP contribution < -0.4 is 4.74 Å². The average molecular weight is 400 g/mol. The molecule has 1 N–H and O–H groups in total. The molecule has 1 aromatic heterocycles. The second-order valence-corrected chi connectivity index (χ2v) is 7.40. The van der Waals surface area contributed by atoms with Gasteiger partial charge >= 0.3 is 5.97 Å². The maximum absolute atomic E-state index is 11.1. The zero-order valence-corrected chi connectivity index (χ0v) is 16.9. The second kappa shape index (κ2) is 8.87. The third kappa shape index (κ3) is 4.38. The summed E-state index contributed by atoms with van der Waals surface area (Å²) < 4.78 is 11.8. The number of ether oxygens (including phenoxy) is 1. The predicted octanol–water partition coefficient (Wildman–Crippen LogP) is 6.26. The van der Waals surface area contributed by atoms with Crippen LogP contribution in [0.1, 0.15) is 30.0 Å². The molecule has 4 heteroatoms. The maximum atomic E-state index is 11.1. The highest BCUT2D eigenvalue weighted by molar-refractivity contribution is 5.93. The number of fused-ring (bicyclic) bond motifs is 1. The first-order valence-electron chi connectivity index (χ1n) is 10.2. The van der Waals surface area contributed by atoms with Gasteiger partial charge in [-0.2, -0.15) is 0 Å². The Kier molecular flexibility index (Phi) is 5.84. The number of aliphatic carboxylic acids is 1. The molecule has 0 aliphatic carbocycles. The smallest absolute Gasteiger partial charge is 0.307 e. The lowest BCUT2D eigenvalue weighted by Gasteiger charge is -2.12. The van der Waals surface area contributed by atoms with Crippen molar-refractivity contribution in [3.05, 3.63) is 89.7 Å². The van der Waals surface area contributed by atoms with E-state index in [1.54, 1.807) is 12.3 Å². The van der Waals surface area contributed by atoms with Crippen LogP contribution in [0.5, 0.6) is 5.75 Å². The number of hydrogen-bond donors (Lipinski definition) is 1. The van der Waals surface area contributed by atoms with Crippen LogP contribution in [-0.4, -0.2) is 11.1 Å². The van der Waals surface area contributed by atoms with Crippen molar-refractivity contribution < 1.29 is 19.1 Å². The van der Waals surface area contributed by atoms with Crippen LogP contribution in [0.2, 0.25) is 0 Å². The molecule has 0 aliphatic rings. The molecule has 0 atom stereocenters. The summed E-state index contributed by atoms with van der Waals surface area (Å²) in [7, 11) is 0. The third-order valence-corrected chi connectivity index (χ3v) is 5.10. The van der Waals surface area contributed by atoms with E-state index in [9.17, 15) is 4.79 Å². The molecule has 0 aliphatic heterocycles. The van der Waals surface area contributed by atoms with Gasteiger partial charge in [-0.25, -0.2) is 0 Å². The molecule has 0 unspecified atom stereocenters. The molecule has 4 rings (SSSR count). The standard InChI is InChI=1S/C26H24O4/c1-2-6-18-7-5-9-20(13-18)23-15-19(14-22-11-12-29-26(22)23)17-30-24-10-4-3-8-21(24)16-25(27)28/h3-5,7-15H,2,6,16-17H2,1H3,(H,27,28). The fraction of sp³-hybridized carbons (Fsp3) is 0.192. The molecule has 4 aromatic rings. The molecule has 0 spiro atoms. The second-order valence-electron chi connectivity index (χ2n) is 7.40. The van der Waals surface area contributed by atoms with E-state index in [1.165, 1.54) is 5.56 Å². The van der Waals surface area contributed by atoms with E-state index in [-0.39, 0.29) is 6.42 Å². The summed E-state index contributed by atoms with van der Waals surface area (Å²) in [6.45, 7) is 2.52. The number of rotatable bonds is 8. The fourth-order valence-electron chi connectivity index (χ4n) is 3.74. The lowest BCUT2D eigenvalue weighted by atomic mass is 9.98. The van der Waals surface area contributed by atoms with Crippen molar-refractivity contribution in [1.82, 2.24) is 0 Å². The normalized spacial score (nSPS) is 11.0. The molecule has 0 bridgehead atoms. The van der Waals surface area contributed by atoms with Gasteiger partial charge in [0.05, 0.1) is 12.7 Å². The van der Waals surface area contributed by atoms with Crippen LogP contribution in [0.15, 0.2) is 77.4 Å². The topological polar surface area (TPSA) is 59.7 Å². The zero-order chi connectivity index (χ0) is 20.9. The fourth-order valence-corrected chi connectivity index (χ4v) is 3.74. The highest BCUT2D eigenvalue weighted by Gasteiger charge is 2.12. The first-order chi connectivity index (χ1) is 14.6. The van der Waals surface area contributed by atoms with E-state index in [0.717, 1.165) is 40.5 Å². The molecule has 0 saturated carbocycles. The molecule has 0 radical (unpaired) electrons. The molecule has 0 amide bonds. The highest BCUT2D eigenvalue weighted by atomic mass is 16.5. The number of carboxylic acids is 1. The third-order valence-electron chi connectivity index (χ3n) is 5.10. The number of carboxylic acid groups (broad SMARTS) is 1. The number of hydrogen-bond acceptors (Lipinski definition) is 3. The molecule has 152 valence electrons. The van der Waals surface area contributed by atoms with Crippen molar-refractivity contribution in [2.75, 3.05) is 0 Å². The lowest BCUT2D eigenvalue weighted by Crippen LogP contribution is -2.04. The summed E-state index contributed by atoms with van der Waals surface area (Å²) in [5.41, 5.74) is 5.99. The SMILES string of the molecule is CCCc1cccc(-c2cc(COc3ccccc3CC(=O)O)cc3ccoc23)c1. The van der Waals surface area contributed by atoms with Crippen molar-refractivity contribution in [2.24, 2.45) is 0 Å². The molecular weight excluding hydrogens is 376 g/mol. The van der Waals surface area contributed by atoms with Crippen molar-refractivity contribution in [1.29, 1.82) is 0 Å². The van der Waals surface area contributed by atoms with E-state index < -0.39 is 5.97 Å². The van der Waals surface area contributed by atoms with E-state index >= 15 is 0 Å². The van der Waals surface area contributed by atoms with Crippen molar-refractivity contribution in [3.63, 3.8) is 0 Å². The molecule has 0 fully saturated rings. The van der Waals surface area contributed by atoms with Crippen molar-refractivity contribution >= 4 is 16.9 Å². The van der Waals surface area contributed by atoms with E-state index in [0.29, 0.717) is 17.9 Å². The molecule has 4 nitrogen and oxygen atoms in total. The van der Waals surface area contributed by atoms with E-state index in [2.05, 4.69) is 43.3 Å². The van der Waals surface area contributed by atoms with Gasteiger partial charge in [-0.05, 0) is 47.4 Å². The Bertz CT molecular complexity index is 1170. The molecular formula is C26H24O4. The van der Waals surface area contributed by atoms with Crippen LogP contribution in [0.4, 0.5) is 0 Å². The largest absolute Gasteiger partial charge is 0.489 e. The van der Waals surface area contributed by atoms with Gasteiger partial charge in [-0.3, -0.25) is 4.79 Å². The first-order valence-corrected chi connectivity index (χ1v) is 10.2. The van der Waals surface area contributed by atoms with Crippen LogP contribution in [-0.2, 0) is 24.2 Å². The number of furan rings is 1. The minimum atomic E-state index is -0.875. The number of aryl methyl sites for hydroxylation is 1. The Morgan fingerprint density at radius 2 is 1.87 bits per heavy atom. The average Bonchev–Trinajstić information content (AvgIpc) is 3.21. The predicted molar refractivity (Wildman–Crippen MR) is 118 cm³/mol. The van der Waals surface area contributed by atoms with Crippen LogP contribution in [0.3, 0.4) is 0 Å². The Morgan fingerprint density at radius 3 is 2.70 bits per heavy atom. The Balaban J connectivity index is 1.65. The lowest BCUT2D eigenvalue weighted by molar-refractivity contribution is -0.136. The summed E-state index contributed by atoms with van der Waals surface area (Å²) >= 11 is 0. The van der Waals surface area contributed by atoms with Crippen LogP contribution in [0, 0.1) is 0 Å². The van der Waals surface area contributed by atoms with Crippen LogP contribution in [0.25, 0.3) is 22.1 Å². The summed E-state index contributed by atoms with van der Waals surface area (Å²) in [5, 5.41) is 10.1. The van der Waals surface area contributed by atoms with Gasteiger partial charge in [0.25, 0.3) is 0 Å². The Labute approximate surface area is 175 Å². The van der Waals surface area contributed by atoms with Crippen LogP contribution >= 0.6 is 0 Å². The minimum Gasteiger partial charge on any atom is -0.489 e. The van der Waals surface area contributed by atoms with Gasteiger partial charge in [0.2, 0.25) is 0 Å². The van der Waals surface area contributed by atoms with Gasteiger partial charge in [0, 0.05) is 16.5 Å². The van der Waals surface area contributed by atoms with Gasteiger partial charge in [-0.1, -0.05) is 55.8 Å². The van der Waals surface area contributed by atoms with Gasteiger partial charge < -0.3 is 14.3 Å². The Hall–Kier alpha value is -3.53. The van der Waals surface area contributed by atoms with E-state index in [4.69, 9.17) is 14.3 Å². The minimum absolute atomic E-state index is 0.0631. The number of carbonyl (C=O) groups is 1. The highest BCUT2D eigenvalue weighted by Crippen LogP contribution is 2.32. The first kappa shape index (κ1) is 19.8. The molecule has 0 saturated heterocycles. The Morgan fingerprint density at radius 1 is 1.00 bits per heavy atom.